The van der Waals surface area contributed by atoms with Crippen LogP contribution >= 0.6 is 0 Å². The quantitative estimate of drug-likeness (QED) is 0.282. The minimum Gasteiger partial charge on any atom is -0.463 e. The molecule has 4 aromatic carbocycles. The van der Waals surface area contributed by atoms with Crippen LogP contribution in [0.5, 0.6) is 0 Å². The number of fused-ring (bicyclic) bond motifs is 2. The minimum atomic E-state index is 0. The van der Waals surface area contributed by atoms with E-state index in [1.165, 1.54) is 21.5 Å². The van der Waals surface area contributed by atoms with Gasteiger partial charge in [-0.25, -0.2) is 0 Å². The molecule has 103 valence electrons. The Morgan fingerprint density at radius 3 is 1.38 bits per heavy atom. The largest absolute Gasteiger partial charge is 3.00 e. The van der Waals surface area contributed by atoms with Gasteiger partial charge in [-0.2, -0.15) is 42.2 Å². The number of benzene rings is 2. The maximum absolute atomic E-state index is 9.25. The van der Waals surface area contributed by atoms with Crippen molar-refractivity contribution in [2.45, 2.75) is 0 Å². The normalized spacial score (nSPS) is 9.05. The van der Waals surface area contributed by atoms with Crippen molar-refractivity contribution in [3.8, 4) is 0 Å². The van der Waals surface area contributed by atoms with Crippen LogP contribution < -0.4 is 0 Å². The van der Waals surface area contributed by atoms with Crippen molar-refractivity contribution >= 4 is 21.5 Å². The molecule has 0 atom stereocenters. The van der Waals surface area contributed by atoms with Crippen LogP contribution in [0.3, 0.4) is 0 Å². The van der Waals surface area contributed by atoms with Crippen molar-refractivity contribution in [3.63, 3.8) is 0 Å². The Hall–Kier alpha value is -1.70. The molecule has 0 saturated carbocycles. The van der Waals surface area contributed by atoms with Gasteiger partial charge in [0.15, 0.2) is 0 Å². The van der Waals surface area contributed by atoms with Gasteiger partial charge in [-0.3, -0.25) is 0 Å². The predicted molar refractivity (Wildman–Crippen MR) is 85.5 cm³/mol. The summed E-state index contributed by atoms with van der Waals surface area (Å²) in [4.78, 5) is 0. The Morgan fingerprint density at radius 2 is 1.00 bits per heavy atom. The van der Waals surface area contributed by atoms with E-state index in [0.29, 0.717) is 0 Å². The SMILES string of the molecule is [CH2-]F.[Ti+3].c1ccc2[cH-]ccc2c1.c1ccc2[cH-]ccc2c1. The second-order valence-corrected chi connectivity index (χ2v) is 4.31. The smallest absolute Gasteiger partial charge is 0.463 e. The van der Waals surface area contributed by atoms with E-state index in [-0.39, 0.29) is 21.7 Å². The molecule has 1 radical (unpaired) electrons. The van der Waals surface area contributed by atoms with E-state index in [9.17, 15) is 4.39 Å². The monoisotopic (exact) mass is 311 g/mol. The molecule has 21 heavy (non-hydrogen) atoms. The summed E-state index contributed by atoms with van der Waals surface area (Å²) < 4.78 is 9.25. The van der Waals surface area contributed by atoms with Gasteiger partial charge in [-0.05, 0) is 0 Å². The van der Waals surface area contributed by atoms with Crippen molar-refractivity contribution in [3.05, 3.63) is 92.1 Å². The Morgan fingerprint density at radius 1 is 0.619 bits per heavy atom. The van der Waals surface area contributed by atoms with Gasteiger partial charge < -0.3 is 4.39 Å². The second-order valence-electron chi connectivity index (χ2n) is 4.31. The van der Waals surface area contributed by atoms with Gasteiger partial charge in [0, 0.05) is 0 Å². The second kappa shape index (κ2) is 9.28. The van der Waals surface area contributed by atoms with Crippen LogP contribution in [0.2, 0.25) is 0 Å². The Labute approximate surface area is 139 Å². The number of hydrogen-bond donors (Lipinski definition) is 0. The molecule has 0 aliphatic carbocycles. The average Bonchev–Trinajstić information content (AvgIpc) is 3.18. The maximum Gasteiger partial charge on any atom is 3.00 e. The number of halogens is 1. The van der Waals surface area contributed by atoms with Crippen LogP contribution in [-0.2, 0) is 21.7 Å². The van der Waals surface area contributed by atoms with Crippen LogP contribution in [0.25, 0.3) is 21.5 Å². The van der Waals surface area contributed by atoms with E-state index in [0.717, 1.165) is 0 Å². The molecule has 0 N–H and O–H groups in total. The third-order valence-corrected chi connectivity index (χ3v) is 3.10. The molecule has 2 heteroatoms. The third-order valence-electron chi connectivity index (χ3n) is 3.10. The van der Waals surface area contributed by atoms with Gasteiger partial charge in [0.1, 0.15) is 0 Å². The molecule has 0 heterocycles. The summed E-state index contributed by atoms with van der Waals surface area (Å²) in [5.74, 6) is 0. The summed E-state index contributed by atoms with van der Waals surface area (Å²) in [7, 11) is 1.75. The first-order valence-electron chi connectivity index (χ1n) is 6.41. The zero-order valence-electron chi connectivity index (χ0n) is 11.7. The molecule has 0 aliphatic rings. The van der Waals surface area contributed by atoms with Crippen molar-refractivity contribution in [1.82, 2.24) is 0 Å². The van der Waals surface area contributed by atoms with Gasteiger partial charge in [-0.1, -0.05) is 12.1 Å². The van der Waals surface area contributed by atoms with Crippen molar-refractivity contribution in [1.29, 1.82) is 0 Å². The standard InChI is InChI=1S/2C9H7.CH2F.Ti/c2*1-2-5-9-7-3-6-8(9)4-1;1-2;/h2*1-7H;1H2;/q3*-1;+3. The summed E-state index contributed by atoms with van der Waals surface area (Å²) in [6.45, 7) is 0. The van der Waals surface area contributed by atoms with E-state index >= 15 is 0 Å². The molecule has 0 amide bonds. The van der Waals surface area contributed by atoms with Gasteiger partial charge in [0.25, 0.3) is 0 Å². The summed E-state index contributed by atoms with van der Waals surface area (Å²) in [5.41, 5.74) is 0. The first-order valence-corrected chi connectivity index (χ1v) is 6.41. The van der Waals surface area contributed by atoms with Crippen LogP contribution in [0.4, 0.5) is 4.39 Å². The van der Waals surface area contributed by atoms with E-state index < -0.39 is 0 Å². The van der Waals surface area contributed by atoms with Crippen LogP contribution in [-0.4, -0.2) is 0 Å². The molecule has 0 spiro atoms. The van der Waals surface area contributed by atoms with Gasteiger partial charge in [0.05, 0.1) is 0 Å². The molecule has 4 aromatic rings. The molecule has 0 unspecified atom stereocenters. The Balaban J connectivity index is 0.000000181. The number of rotatable bonds is 0. The molecule has 0 aromatic heterocycles. The fourth-order valence-corrected chi connectivity index (χ4v) is 2.14. The van der Waals surface area contributed by atoms with Crippen LogP contribution in [0, 0.1) is 7.18 Å². The topological polar surface area (TPSA) is 0 Å². The van der Waals surface area contributed by atoms with E-state index in [1.807, 2.05) is 0 Å². The van der Waals surface area contributed by atoms with E-state index in [1.54, 1.807) is 7.18 Å². The first-order chi connectivity index (χ1) is 9.93. The van der Waals surface area contributed by atoms with Crippen LogP contribution in [0.1, 0.15) is 0 Å². The zero-order chi connectivity index (χ0) is 14.2. The average molecular weight is 311 g/mol. The third kappa shape index (κ3) is 4.66. The summed E-state index contributed by atoms with van der Waals surface area (Å²) in [5, 5.41) is 5.32. The molecule has 0 aliphatic heterocycles. The first kappa shape index (κ1) is 17.4. The van der Waals surface area contributed by atoms with Crippen molar-refractivity contribution in [2.24, 2.45) is 0 Å². The number of hydrogen-bond acceptors (Lipinski definition) is 0. The van der Waals surface area contributed by atoms with Gasteiger partial charge in [0.2, 0.25) is 0 Å². The Kier molecular flexibility index (Phi) is 7.67. The van der Waals surface area contributed by atoms with E-state index in [4.69, 9.17) is 0 Å². The van der Waals surface area contributed by atoms with E-state index in [2.05, 4.69) is 84.9 Å². The molecule has 0 bridgehead atoms. The molecule has 4 rings (SSSR count). The Bertz CT molecular complexity index is 626. The molecular weight excluding hydrogens is 295 g/mol. The maximum atomic E-state index is 9.25. The predicted octanol–water partition coefficient (Wildman–Crippen LogP) is 5.86. The fourth-order valence-electron chi connectivity index (χ4n) is 2.14. The molecule has 0 nitrogen and oxygen atoms in total. The van der Waals surface area contributed by atoms with Crippen molar-refractivity contribution in [2.75, 3.05) is 0 Å². The van der Waals surface area contributed by atoms with Crippen molar-refractivity contribution < 1.29 is 26.1 Å². The van der Waals surface area contributed by atoms with Gasteiger partial charge in [-0.15, -0.1) is 59.3 Å². The minimum absolute atomic E-state index is 0. The van der Waals surface area contributed by atoms with Crippen LogP contribution in [0.15, 0.2) is 84.9 Å². The molecular formula is C19H16FTi. The summed E-state index contributed by atoms with van der Waals surface area (Å²) in [6.07, 6.45) is 0. The molecule has 0 saturated heterocycles. The summed E-state index contributed by atoms with van der Waals surface area (Å²) >= 11 is 0. The summed E-state index contributed by atoms with van der Waals surface area (Å²) in [6, 6.07) is 29.3. The fraction of sp³-hybridized carbons (Fsp3) is 0. The molecule has 0 fully saturated rings. The zero-order valence-corrected chi connectivity index (χ0v) is 13.2. The van der Waals surface area contributed by atoms with Gasteiger partial charge >= 0.3 is 21.7 Å².